The van der Waals surface area contributed by atoms with Crippen LogP contribution in [0.15, 0.2) is 76.1 Å². The molecule has 0 unspecified atom stereocenters. The van der Waals surface area contributed by atoms with Gasteiger partial charge in [0.1, 0.15) is 11.3 Å². The Bertz CT molecular complexity index is 1290. The van der Waals surface area contributed by atoms with Gasteiger partial charge in [0, 0.05) is 18.3 Å². The Morgan fingerprint density at radius 3 is 2.67 bits per heavy atom. The van der Waals surface area contributed by atoms with E-state index in [0.717, 1.165) is 16.6 Å². The number of non-ortho nitro benzene ring substituents is 1. The van der Waals surface area contributed by atoms with Crippen LogP contribution in [0.4, 0.5) is 11.4 Å². The minimum absolute atomic E-state index is 0.0480. The van der Waals surface area contributed by atoms with Crippen molar-refractivity contribution in [1.29, 1.82) is 0 Å². The Morgan fingerprint density at radius 1 is 1.10 bits per heavy atom. The highest BCUT2D eigenvalue weighted by Crippen LogP contribution is 2.34. The molecular weight excluding hydrogens is 382 g/mol. The van der Waals surface area contributed by atoms with E-state index in [-0.39, 0.29) is 11.4 Å². The zero-order valence-electron chi connectivity index (χ0n) is 16.0. The molecule has 4 rings (SSSR count). The molecule has 1 aromatic heterocycles. The zero-order valence-corrected chi connectivity index (χ0v) is 16.0. The monoisotopic (exact) mass is 399 g/mol. The standard InChI is InChI=1S/C23H17N3O4/c1-15-4-10-20-22(13-15)30-23(25-20)19-14-17(7-11-21(19)27)24-12-2-3-16-5-8-18(9-6-16)26(28)29/h2-14,27H,1H3. The van der Waals surface area contributed by atoms with Gasteiger partial charge in [-0.3, -0.25) is 15.1 Å². The number of allylic oxidation sites excluding steroid dienone is 1. The summed E-state index contributed by atoms with van der Waals surface area (Å²) < 4.78 is 5.80. The van der Waals surface area contributed by atoms with Gasteiger partial charge in [-0.15, -0.1) is 0 Å². The predicted octanol–water partition coefficient (Wildman–Crippen LogP) is 5.83. The summed E-state index contributed by atoms with van der Waals surface area (Å²) in [4.78, 5) is 19.1. The molecule has 0 radical (unpaired) electrons. The van der Waals surface area contributed by atoms with Gasteiger partial charge in [-0.2, -0.15) is 0 Å². The van der Waals surface area contributed by atoms with Crippen molar-refractivity contribution in [3.8, 4) is 17.2 Å². The topological polar surface area (TPSA) is 102 Å². The number of phenols is 1. The second kappa shape index (κ2) is 8.00. The smallest absolute Gasteiger partial charge is 0.269 e. The third kappa shape index (κ3) is 4.10. The first-order valence-electron chi connectivity index (χ1n) is 9.15. The van der Waals surface area contributed by atoms with Gasteiger partial charge in [0.15, 0.2) is 5.58 Å². The largest absolute Gasteiger partial charge is 0.507 e. The number of aromatic hydroxyl groups is 1. The van der Waals surface area contributed by atoms with E-state index in [4.69, 9.17) is 4.42 Å². The maximum Gasteiger partial charge on any atom is 0.269 e. The van der Waals surface area contributed by atoms with Crippen LogP contribution in [0, 0.1) is 17.0 Å². The van der Waals surface area contributed by atoms with Crippen molar-refractivity contribution >= 4 is 34.8 Å². The van der Waals surface area contributed by atoms with Crippen molar-refractivity contribution in [2.45, 2.75) is 6.92 Å². The fourth-order valence-electron chi connectivity index (χ4n) is 2.91. The SMILES string of the molecule is Cc1ccc2nc(-c3cc(N=CC=Cc4ccc([N+](=O)[O-])cc4)ccc3O)oc2c1. The molecule has 3 aromatic carbocycles. The molecule has 0 saturated carbocycles. The van der Waals surface area contributed by atoms with Gasteiger partial charge in [-0.25, -0.2) is 4.98 Å². The first-order valence-corrected chi connectivity index (χ1v) is 9.15. The number of oxazole rings is 1. The molecule has 148 valence electrons. The van der Waals surface area contributed by atoms with E-state index in [1.807, 2.05) is 25.1 Å². The van der Waals surface area contributed by atoms with Crippen molar-refractivity contribution < 1.29 is 14.4 Å². The summed E-state index contributed by atoms with van der Waals surface area (Å²) in [7, 11) is 0. The Hall–Kier alpha value is -4.26. The Labute approximate surface area is 171 Å². The lowest BCUT2D eigenvalue weighted by molar-refractivity contribution is -0.384. The third-order valence-corrected chi connectivity index (χ3v) is 4.46. The van der Waals surface area contributed by atoms with Crippen molar-refractivity contribution in [1.82, 2.24) is 4.98 Å². The van der Waals surface area contributed by atoms with Crippen LogP contribution in [-0.2, 0) is 0 Å². The van der Waals surface area contributed by atoms with E-state index in [1.165, 1.54) is 12.1 Å². The molecule has 0 aliphatic heterocycles. The van der Waals surface area contributed by atoms with Gasteiger partial charge < -0.3 is 9.52 Å². The van der Waals surface area contributed by atoms with Crippen LogP contribution in [0.5, 0.6) is 5.75 Å². The fraction of sp³-hybridized carbons (Fsp3) is 0.0435. The number of nitro benzene ring substituents is 1. The highest BCUT2D eigenvalue weighted by molar-refractivity contribution is 5.82. The predicted molar refractivity (Wildman–Crippen MR) is 116 cm³/mol. The minimum atomic E-state index is -0.435. The molecule has 0 amide bonds. The summed E-state index contributed by atoms with van der Waals surface area (Å²) in [5.74, 6) is 0.380. The molecule has 0 aliphatic rings. The lowest BCUT2D eigenvalue weighted by Crippen LogP contribution is -1.86. The average Bonchev–Trinajstić information content (AvgIpc) is 3.15. The van der Waals surface area contributed by atoms with Crippen LogP contribution in [0.25, 0.3) is 28.6 Å². The number of hydrogen-bond donors (Lipinski definition) is 1. The van der Waals surface area contributed by atoms with Crippen molar-refractivity contribution in [3.05, 3.63) is 88.0 Å². The van der Waals surface area contributed by atoms with Crippen LogP contribution in [0.1, 0.15) is 11.1 Å². The summed E-state index contributed by atoms with van der Waals surface area (Å²) >= 11 is 0. The van der Waals surface area contributed by atoms with E-state index < -0.39 is 4.92 Å². The first-order chi connectivity index (χ1) is 14.5. The van der Waals surface area contributed by atoms with Gasteiger partial charge in [-0.05, 0) is 66.6 Å². The third-order valence-electron chi connectivity index (χ3n) is 4.46. The number of nitro groups is 1. The van der Waals surface area contributed by atoms with Gasteiger partial charge in [0.2, 0.25) is 5.89 Å². The Kier molecular flexibility index (Phi) is 5.09. The molecule has 0 spiro atoms. The summed E-state index contributed by atoms with van der Waals surface area (Å²) in [6.45, 7) is 1.97. The Balaban J connectivity index is 1.54. The number of aromatic nitrogens is 1. The molecule has 1 N–H and O–H groups in total. The van der Waals surface area contributed by atoms with Gasteiger partial charge in [-0.1, -0.05) is 12.1 Å². The number of rotatable bonds is 5. The molecule has 1 heterocycles. The lowest BCUT2D eigenvalue weighted by atomic mass is 10.1. The van der Waals surface area contributed by atoms with Gasteiger partial charge in [0.05, 0.1) is 16.2 Å². The average molecular weight is 399 g/mol. The van der Waals surface area contributed by atoms with E-state index in [9.17, 15) is 15.2 Å². The fourth-order valence-corrected chi connectivity index (χ4v) is 2.91. The summed E-state index contributed by atoms with van der Waals surface area (Å²) in [5, 5.41) is 20.9. The Morgan fingerprint density at radius 2 is 1.90 bits per heavy atom. The van der Waals surface area contributed by atoms with Crippen molar-refractivity contribution in [3.63, 3.8) is 0 Å². The van der Waals surface area contributed by atoms with Crippen LogP contribution in [0.3, 0.4) is 0 Å². The lowest BCUT2D eigenvalue weighted by Gasteiger charge is -2.01. The highest BCUT2D eigenvalue weighted by Gasteiger charge is 2.13. The quantitative estimate of drug-likeness (QED) is 0.258. The molecule has 0 aliphatic carbocycles. The molecule has 7 nitrogen and oxygen atoms in total. The number of hydrogen-bond acceptors (Lipinski definition) is 6. The summed E-state index contributed by atoms with van der Waals surface area (Å²) in [5.41, 5.74) is 4.38. The van der Waals surface area contributed by atoms with E-state index in [1.54, 1.807) is 48.7 Å². The van der Waals surface area contributed by atoms with Crippen molar-refractivity contribution in [2.75, 3.05) is 0 Å². The van der Waals surface area contributed by atoms with Crippen molar-refractivity contribution in [2.24, 2.45) is 4.99 Å². The first kappa shape index (κ1) is 19.1. The molecule has 0 saturated heterocycles. The minimum Gasteiger partial charge on any atom is -0.507 e. The molecule has 7 heteroatoms. The molecule has 30 heavy (non-hydrogen) atoms. The number of aliphatic imine (C=N–C) groups is 1. The second-order valence-electron chi connectivity index (χ2n) is 6.68. The van der Waals surface area contributed by atoms with E-state index in [0.29, 0.717) is 22.7 Å². The van der Waals surface area contributed by atoms with Crippen LogP contribution in [0.2, 0.25) is 0 Å². The van der Waals surface area contributed by atoms with Crippen LogP contribution in [-0.4, -0.2) is 21.2 Å². The maximum absolute atomic E-state index is 10.7. The zero-order chi connectivity index (χ0) is 21.1. The molecule has 4 aromatic rings. The summed E-state index contributed by atoms with van der Waals surface area (Å²) in [6.07, 6.45) is 5.13. The number of benzene rings is 3. The van der Waals surface area contributed by atoms with E-state index in [2.05, 4.69) is 9.98 Å². The van der Waals surface area contributed by atoms with Crippen LogP contribution < -0.4 is 0 Å². The van der Waals surface area contributed by atoms with E-state index >= 15 is 0 Å². The second-order valence-corrected chi connectivity index (χ2v) is 6.68. The summed E-state index contributed by atoms with van der Waals surface area (Å²) in [6, 6.07) is 16.9. The molecule has 0 atom stereocenters. The molecule has 0 fully saturated rings. The maximum atomic E-state index is 10.7. The number of fused-ring (bicyclic) bond motifs is 1. The molecular formula is C23H17N3O4. The highest BCUT2D eigenvalue weighted by atomic mass is 16.6. The number of phenolic OH excluding ortho intramolecular Hbond substituents is 1. The normalized spacial score (nSPS) is 11.6. The van der Waals surface area contributed by atoms with Crippen LogP contribution >= 0.6 is 0 Å². The van der Waals surface area contributed by atoms with Gasteiger partial charge >= 0.3 is 0 Å². The number of nitrogens with zero attached hydrogens (tertiary/aromatic N) is 3. The number of aryl methyl sites for hydroxylation is 1. The molecule has 0 bridgehead atoms. The van der Waals surface area contributed by atoms with Gasteiger partial charge in [0.25, 0.3) is 5.69 Å².